The van der Waals surface area contributed by atoms with Gasteiger partial charge in [-0.25, -0.2) is 9.97 Å². The highest BCUT2D eigenvalue weighted by atomic mass is 15.0. The quantitative estimate of drug-likeness (QED) is 0.831. The van der Waals surface area contributed by atoms with E-state index >= 15 is 0 Å². The maximum absolute atomic E-state index is 8.82. The first kappa shape index (κ1) is 11.9. The zero-order valence-corrected chi connectivity index (χ0v) is 10.1. The monoisotopic (exact) mass is 242 g/mol. The topological polar surface area (TPSA) is 92.5 Å². The normalized spacial score (nSPS) is 10.0. The minimum absolute atomic E-state index is 0.247. The predicted molar refractivity (Wildman–Crippen MR) is 68.8 cm³/mol. The van der Waals surface area contributed by atoms with Crippen LogP contribution in [0.4, 0.5) is 11.5 Å². The Balaban J connectivity index is 1.95. The van der Waals surface area contributed by atoms with E-state index < -0.39 is 0 Å². The van der Waals surface area contributed by atoms with E-state index in [1.54, 1.807) is 18.3 Å². The number of aromatic nitrogens is 3. The molecule has 0 spiro atoms. The Kier molecular flexibility index (Phi) is 3.44. The molecule has 2 aromatic rings. The fourth-order valence-electron chi connectivity index (χ4n) is 1.60. The van der Waals surface area contributed by atoms with E-state index in [1.807, 2.05) is 23.9 Å². The molecule has 0 bridgehead atoms. The van der Waals surface area contributed by atoms with Gasteiger partial charge in [-0.15, -0.1) is 0 Å². The lowest BCUT2D eigenvalue weighted by Crippen LogP contribution is -2.10. The number of hydrogen-bond donors (Lipinski definition) is 2. The van der Waals surface area contributed by atoms with Crippen molar-refractivity contribution in [2.24, 2.45) is 7.05 Å². The van der Waals surface area contributed by atoms with Crippen molar-refractivity contribution in [3.63, 3.8) is 0 Å². The summed E-state index contributed by atoms with van der Waals surface area (Å²) >= 11 is 0. The van der Waals surface area contributed by atoms with E-state index in [0.29, 0.717) is 18.1 Å². The molecule has 0 radical (unpaired) electrons. The summed E-state index contributed by atoms with van der Waals surface area (Å²) in [6, 6.07) is 5.39. The molecular formula is C12H14N6. The summed E-state index contributed by atoms with van der Waals surface area (Å²) in [6.45, 7) is 0.701. The largest absolute Gasteiger partial charge is 0.396 e. The van der Waals surface area contributed by atoms with E-state index in [2.05, 4.69) is 15.3 Å². The third kappa shape index (κ3) is 2.58. The third-order valence-electron chi connectivity index (χ3n) is 2.61. The summed E-state index contributed by atoms with van der Waals surface area (Å²) in [4.78, 5) is 8.33. The average Bonchev–Trinajstić information content (AvgIpc) is 2.77. The van der Waals surface area contributed by atoms with Crippen molar-refractivity contribution in [1.82, 2.24) is 14.5 Å². The van der Waals surface area contributed by atoms with E-state index in [9.17, 15) is 0 Å². The fraction of sp³-hybridized carbons (Fsp3) is 0.250. The van der Waals surface area contributed by atoms with Crippen LogP contribution in [0.15, 0.2) is 24.5 Å². The molecule has 0 saturated heterocycles. The standard InChI is InChI=1S/C12H14N6/c1-18-7-6-16-12(18)4-5-15-11-3-2-9(14)10(8-13)17-11/h2-3,6-7H,4-5,14H2,1H3,(H,15,17). The maximum atomic E-state index is 8.82. The van der Waals surface area contributed by atoms with Crippen LogP contribution in [0.2, 0.25) is 0 Å². The highest BCUT2D eigenvalue weighted by Gasteiger charge is 2.02. The zero-order valence-electron chi connectivity index (χ0n) is 10.1. The number of pyridine rings is 1. The molecule has 18 heavy (non-hydrogen) atoms. The Morgan fingerprint density at radius 2 is 2.33 bits per heavy atom. The maximum Gasteiger partial charge on any atom is 0.165 e. The van der Waals surface area contributed by atoms with Crippen molar-refractivity contribution in [2.75, 3.05) is 17.6 Å². The smallest absolute Gasteiger partial charge is 0.165 e. The minimum Gasteiger partial charge on any atom is -0.396 e. The van der Waals surface area contributed by atoms with Gasteiger partial charge in [0.05, 0.1) is 5.69 Å². The van der Waals surface area contributed by atoms with Crippen LogP contribution in [-0.4, -0.2) is 21.1 Å². The SMILES string of the molecule is Cn1ccnc1CCNc1ccc(N)c(C#N)n1. The van der Waals surface area contributed by atoms with Gasteiger partial charge >= 0.3 is 0 Å². The van der Waals surface area contributed by atoms with Crippen LogP contribution >= 0.6 is 0 Å². The number of nitrogens with two attached hydrogens (primary N) is 1. The van der Waals surface area contributed by atoms with Crippen LogP contribution in [0, 0.1) is 11.3 Å². The molecule has 0 unspecified atom stereocenters. The van der Waals surface area contributed by atoms with E-state index in [4.69, 9.17) is 11.0 Å². The number of nitriles is 1. The first-order valence-electron chi connectivity index (χ1n) is 5.57. The number of nitrogen functional groups attached to an aromatic ring is 1. The molecule has 0 amide bonds. The lowest BCUT2D eigenvalue weighted by molar-refractivity contribution is 0.788. The van der Waals surface area contributed by atoms with Gasteiger partial charge in [-0.1, -0.05) is 0 Å². The number of hydrogen-bond acceptors (Lipinski definition) is 5. The molecule has 0 atom stereocenters. The van der Waals surface area contributed by atoms with Crippen LogP contribution < -0.4 is 11.1 Å². The van der Waals surface area contributed by atoms with Crippen LogP contribution in [0.1, 0.15) is 11.5 Å². The molecule has 0 aliphatic carbocycles. The molecule has 0 aromatic carbocycles. The number of imidazole rings is 1. The second kappa shape index (κ2) is 5.19. The average molecular weight is 242 g/mol. The molecule has 0 saturated carbocycles. The molecule has 6 nitrogen and oxygen atoms in total. The summed E-state index contributed by atoms with van der Waals surface area (Å²) in [5.74, 6) is 1.65. The van der Waals surface area contributed by atoms with Crippen molar-refractivity contribution in [1.29, 1.82) is 5.26 Å². The van der Waals surface area contributed by atoms with Gasteiger partial charge in [-0.05, 0) is 12.1 Å². The van der Waals surface area contributed by atoms with Crippen LogP contribution in [-0.2, 0) is 13.5 Å². The van der Waals surface area contributed by atoms with Crippen molar-refractivity contribution < 1.29 is 0 Å². The highest BCUT2D eigenvalue weighted by Crippen LogP contribution is 2.11. The van der Waals surface area contributed by atoms with Gasteiger partial charge in [-0.3, -0.25) is 0 Å². The summed E-state index contributed by atoms with van der Waals surface area (Å²) in [5, 5.41) is 12.0. The molecule has 2 heterocycles. The van der Waals surface area contributed by atoms with Crippen LogP contribution in [0.25, 0.3) is 0 Å². The Labute approximate surface area is 105 Å². The fourth-order valence-corrected chi connectivity index (χ4v) is 1.60. The highest BCUT2D eigenvalue weighted by molar-refractivity contribution is 5.54. The van der Waals surface area contributed by atoms with Crippen LogP contribution in [0.5, 0.6) is 0 Å². The third-order valence-corrected chi connectivity index (χ3v) is 2.61. The second-order valence-electron chi connectivity index (χ2n) is 3.88. The van der Waals surface area contributed by atoms with E-state index in [1.165, 1.54) is 0 Å². The molecule has 2 rings (SSSR count). The van der Waals surface area contributed by atoms with Gasteiger partial charge in [0.15, 0.2) is 5.69 Å². The Morgan fingerprint density at radius 3 is 3.00 bits per heavy atom. The van der Waals surface area contributed by atoms with Crippen molar-refractivity contribution in [3.05, 3.63) is 36.0 Å². The summed E-state index contributed by atoms with van der Waals surface area (Å²) < 4.78 is 1.97. The molecule has 6 heteroatoms. The predicted octanol–water partition coefficient (Wildman–Crippen LogP) is 0.924. The van der Waals surface area contributed by atoms with Gasteiger partial charge in [0.25, 0.3) is 0 Å². The zero-order chi connectivity index (χ0) is 13.0. The Bertz CT molecular complexity index is 580. The molecule has 92 valence electrons. The minimum atomic E-state index is 0.247. The summed E-state index contributed by atoms with van der Waals surface area (Å²) in [6.07, 6.45) is 4.46. The number of nitrogens with zero attached hydrogens (tertiary/aromatic N) is 4. The number of anilines is 2. The summed E-state index contributed by atoms with van der Waals surface area (Å²) in [7, 11) is 1.96. The van der Waals surface area contributed by atoms with Gasteiger partial charge in [0, 0.05) is 32.4 Å². The van der Waals surface area contributed by atoms with Crippen molar-refractivity contribution in [3.8, 4) is 6.07 Å². The molecule has 2 aromatic heterocycles. The van der Waals surface area contributed by atoms with Gasteiger partial charge in [0.2, 0.25) is 0 Å². The molecule has 3 N–H and O–H groups in total. The molecular weight excluding hydrogens is 228 g/mol. The lowest BCUT2D eigenvalue weighted by Gasteiger charge is -2.06. The van der Waals surface area contributed by atoms with Crippen molar-refractivity contribution in [2.45, 2.75) is 6.42 Å². The second-order valence-corrected chi connectivity index (χ2v) is 3.88. The van der Waals surface area contributed by atoms with Crippen molar-refractivity contribution >= 4 is 11.5 Å². The number of rotatable bonds is 4. The number of aryl methyl sites for hydroxylation is 1. The Hall–Kier alpha value is -2.55. The Morgan fingerprint density at radius 1 is 1.50 bits per heavy atom. The van der Waals surface area contributed by atoms with Gasteiger partial charge in [-0.2, -0.15) is 5.26 Å². The number of nitrogens with one attached hydrogen (secondary N) is 1. The van der Waals surface area contributed by atoms with Crippen LogP contribution in [0.3, 0.4) is 0 Å². The summed E-state index contributed by atoms with van der Waals surface area (Å²) in [5.41, 5.74) is 6.24. The van der Waals surface area contributed by atoms with Gasteiger partial charge < -0.3 is 15.6 Å². The van der Waals surface area contributed by atoms with E-state index in [0.717, 1.165) is 12.2 Å². The van der Waals surface area contributed by atoms with E-state index in [-0.39, 0.29) is 5.69 Å². The molecule has 0 fully saturated rings. The van der Waals surface area contributed by atoms with Gasteiger partial charge in [0.1, 0.15) is 17.7 Å². The first-order valence-corrected chi connectivity index (χ1v) is 5.57. The molecule has 0 aliphatic heterocycles. The molecule has 0 aliphatic rings. The lowest BCUT2D eigenvalue weighted by atomic mass is 10.3. The first-order chi connectivity index (χ1) is 8.70.